The number of benzene rings is 2. The van der Waals surface area contributed by atoms with Crippen LogP contribution in [0.1, 0.15) is 81.3 Å². The normalized spacial score (nSPS) is 18.8. The fraction of sp³-hybridized carbons (Fsp3) is 0.517. The van der Waals surface area contributed by atoms with E-state index >= 15 is 0 Å². The largest absolute Gasteiger partial charge is 0.508 e. The Morgan fingerprint density at radius 1 is 1.08 bits per heavy atom. The molecular formula is C29H38N2O5. The number of likely N-dealkylation sites (tertiary alicyclic amines) is 1. The first-order valence-corrected chi connectivity index (χ1v) is 12.9. The van der Waals surface area contributed by atoms with Crippen molar-refractivity contribution >= 4 is 12.0 Å². The number of piperidine rings is 1. The zero-order chi connectivity index (χ0) is 26.1. The molecule has 7 nitrogen and oxygen atoms in total. The molecule has 2 heterocycles. The van der Waals surface area contributed by atoms with Gasteiger partial charge in [-0.05, 0) is 70.9 Å². The second-order valence-corrected chi connectivity index (χ2v) is 10.8. The quantitative estimate of drug-likeness (QED) is 0.602. The third-order valence-corrected chi connectivity index (χ3v) is 7.23. The maximum atomic E-state index is 12.8. The number of rotatable bonds is 4. The van der Waals surface area contributed by atoms with E-state index in [4.69, 9.17) is 9.47 Å². The Hall–Kier alpha value is -3.22. The van der Waals surface area contributed by atoms with E-state index in [1.54, 1.807) is 21.9 Å². The first-order valence-electron chi connectivity index (χ1n) is 12.9. The lowest BCUT2D eigenvalue weighted by Crippen LogP contribution is -2.52. The van der Waals surface area contributed by atoms with Gasteiger partial charge in [-0.3, -0.25) is 4.79 Å². The average molecular weight is 495 g/mol. The average Bonchev–Trinajstić information content (AvgIpc) is 2.84. The third-order valence-electron chi connectivity index (χ3n) is 7.23. The van der Waals surface area contributed by atoms with Crippen molar-refractivity contribution < 1.29 is 24.2 Å². The van der Waals surface area contributed by atoms with E-state index in [1.165, 1.54) is 0 Å². The van der Waals surface area contributed by atoms with Crippen LogP contribution in [0.4, 0.5) is 4.79 Å². The van der Waals surface area contributed by atoms with E-state index in [-0.39, 0.29) is 23.7 Å². The summed E-state index contributed by atoms with van der Waals surface area (Å²) < 4.78 is 12.1. The summed E-state index contributed by atoms with van der Waals surface area (Å²) in [6, 6.07) is 13.1. The number of carbonyl (C=O) groups is 2. The fourth-order valence-electron chi connectivity index (χ4n) is 5.29. The van der Waals surface area contributed by atoms with Crippen LogP contribution in [0, 0.1) is 0 Å². The van der Waals surface area contributed by atoms with E-state index < -0.39 is 11.2 Å². The summed E-state index contributed by atoms with van der Waals surface area (Å²) in [6.07, 6.45) is 1.74. The van der Waals surface area contributed by atoms with Crippen molar-refractivity contribution in [2.45, 2.75) is 71.0 Å². The first-order chi connectivity index (χ1) is 17.1. The van der Waals surface area contributed by atoms with Crippen LogP contribution in [-0.2, 0) is 4.74 Å². The van der Waals surface area contributed by atoms with Crippen LogP contribution >= 0.6 is 0 Å². The summed E-state index contributed by atoms with van der Waals surface area (Å²) in [6.45, 7) is 12.0. The van der Waals surface area contributed by atoms with Crippen LogP contribution in [0.2, 0.25) is 0 Å². The van der Waals surface area contributed by atoms with E-state index in [9.17, 15) is 14.7 Å². The predicted octanol–water partition coefficient (Wildman–Crippen LogP) is 5.56. The summed E-state index contributed by atoms with van der Waals surface area (Å²) in [5.74, 6) is 0.829. The third kappa shape index (κ3) is 5.30. The number of nitrogens with zero attached hydrogens (tertiary/aromatic N) is 2. The molecule has 1 fully saturated rings. The van der Waals surface area contributed by atoms with Gasteiger partial charge < -0.3 is 24.4 Å². The lowest BCUT2D eigenvalue weighted by molar-refractivity contribution is -0.0304. The molecule has 2 aromatic rings. The minimum atomic E-state index is -0.534. The molecule has 1 N–H and O–H groups in total. The number of hydrogen-bond donors (Lipinski definition) is 1. The highest BCUT2D eigenvalue weighted by atomic mass is 16.6. The number of phenols is 1. The maximum absolute atomic E-state index is 12.8. The SMILES string of the molecule is CCN(CC)C(=O)c1ccc(C2CC3(CCN(C(=O)OC(C)(C)C)CC3)Oc3cccc(O)c32)cc1. The van der Waals surface area contributed by atoms with Crippen molar-refractivity contribution in [3.8, 4) is 11.5 Å². The van der Waals surface area contributed by atoms with Gasteiger partial charge in [0, 0.05) is 56.1 Å². The Bertz CT molecular complexity index is 1090. The van der Waals surface area contributed by atoms with Crippen LogP contribution in [0.15, 0.2) is 42.5 Å². The number of aromatic hydroxyl groups is 1. The molecule has 2 aliphatic rings. The Morgan fingerprint density at radius 2 is 1.72 bits per heavy atom. The molecule has 0 saturated carbocycles. The summed E-state index contributed by atoms with van der Waals surface area (Å²) in [7, 11) is 0. The molecule has 0 aromatic heterocycles. The molecule has 2 aliphatic heterocycles. The molecule has 36 heavy (non-hydrogen) atoms. The van der Waals surface area contributed by atoms with Crippen molar-refractivity contribution in [3.05, 3.63) is 59.2 Å². The topological polar surface area (TPSA) is 79.3 Å². The molecule has 194 valence electrons. The van der Waals surface area contributed by atoms with Crippen LogP contribution < -0.4 is 4.74 Å². The summed E-state index contributed by atoms with van der Waals surface area (Å²) in [5, 5.41) is 10.8. The molecule has 1 spiro atoms. The van der Waals surface area contributed by atoms with Gasteiger partial charge in [0.2, 0.25) is 0 Å². The van der Waals surface area contributed by atoms with Crippen LogP contribution in [0.3, 0.4) is 0 Å². The van der Waals surface area contributed by atoms with Crippen molar-refractivity contribution in [3.63, 3.8) is 0 Å². The second-order valence-electron chi connectivity index (χ2n) is 10.8. The zero-order valence-electron chi connectivity index (χ0n) is 22.0. The van der Waals surface area contributed by atoms with Gasteiger partial charge in [-0.25, -0.2) is 4.79 Å². The standard InChI is InChI=1S/C29H38N2O5/c1-6-30(7-2)26(33)21-13-11-20(12-14-21)22-19-29(35-24-10-8-9-23(32)25(22)24)15-17-31(18-16-29)27(34)36-28(3,4)5/h8-14,22,32H,6-7,15-19H2,1-5H3. The number of hydrogen-bond acceptors (Lipinski definition) is 5. The highest BCUT2D eigenvalue weighted by molar-refractivity contribution is 5.94. The second kappa shape index (κ2) is 10.0. The first kappa shape index (κ1) is 25.9. The molecule has 1 unspecified atom stereocenters. The van der Waals surface area contributed by atoms with Crippen molar-refractivity contribution in [1.82, 2.24) is 9.80 Å². The molecule has 2 amide bonds. The monoisotopic (exact) mass is 494 g/mol. The maximum Gasteiger partial charge on any atom is 0.410 e. The van der Waals surface area contributed by atoms with E-state index in [1.807, 2.05) is 65.0 Å². The van der Waals surface area contributed by atoms with Crippen molar-refractivity contribution in [2.24, 2.45) is 0 Å². The summed E-state index contributed by atoms with van der Waals surface area (Å²) in [4.78, 5) is 28.9. The summed E-state index contributed by atoms with van der Waals surface area (Å²) in [5.41, 5.74) is 1.49. The molecule has 1 atom stereocenters. The van der Waals surface area contributed by atoms with Crippen LogP contribution in [0.5, 0.6) is 11.5 Å². The molecule has 0 radical (unpaired) electrons. The fourth-order valence-corrected chi connectivity index (χ4v) is 5.29. The molecular weight excluding hydrogens is 456 g/mol. The van der Waals surface area contributed by atoms with Gasteiger partial charge in [-0.2, -0.15) is 0 Å². The van der Waals surface area contributed by atoms with Gasteiger partial charge in [-0.15, -0.1) is 0 Å². The highest BCUT2D eigenvalue weighted by Crippen LogP contribution is 2.50. The Balaban J connectivity index is 1.58. The number of carbonyl (C=O) groups excluding carboxylic acids is 2. The van der Waals surface area contributed by atoms with E-state index in [0.717, 1.165) is 11.1 Å². The zero-order valence-corrected chi connectivity index (χ0v) is 22.0. The molecule has 0 bridgehead atoms. The van der Waals surface area contributed by atoms with E-state index in [2.05, 4.69) is 0 Å². The van der Waals surface area contributed by atoms with Crippen LogP contribution in [-0.4, -0.2) is 64.3 Å². The molecule has 7 heteroatoms. The predicted molar refractivity (Wildman–Crippen MR) is 139 cm³/mol. The van der Waals surface area contributed by atoms with Gasteiger partial charge in [0.25, 0.3) is 5.91 Å². The lowest BCUT2D eigenvalue weighted by atomic mass is 9.74. The van der Waals surface area contributed by atoms with Crippen LogP contribution in [0.25, 0.3) is 0 Å². The molecule has 4 rings (SSSR count). The van der Waals surface area contributed by atoms with Gasteiger partial charge in [-0.1, -0.05) is 18.2 Å². The van der Waals surface area contributed by atoms with Gasteiger partial charge in [0.05, 0.1) is 0 Å². The smallest absolute Gasteiger partial charge is 0.410 e. The van der Waals surface area contributed by atoms with Gasteiger partial charge in [0.1, 0.15) is 22.7 Å². The minimum Gasteiger partial charge on any atom is -0.508 e. The molecule has 2 aromatic carbocycles. The number of ether oxygens (including phenoxy) is 2. The molecule has 1 saturated heterocycles. The van der Waals surface area contributed by atoms with E-state index in [0.29, 0.717) is 56.8 Å². The number of amides is 2. The van der Waals surface area contributed by atoms with Gasteiger partial charge >= 0.3 is 6.09 Å². The minimum absolute atomic E-state index is 0.0211. The Morgan fingerprint density at radius 3 is 2.31 bits per heavy atom. The molecule has 0 aliphatic carbocycles. The van der Waals surface area contributed by atoms with Gasteiger partial charge in [0.15, 0.2) is 0 Å². The Labute approximate surface area is 214 Å². The van der Waals surface area contributed by atoms with Crippen molar-refractivity contribution in [2.75, 3.05) is 26.2 Å². The number of phenolic OH excluding ortho intramolecular Hbond substituents is 1. The van der Waals surface area contributed by atoms with Crippen molar-refractivity contribution in [1.29, 1.82) is 0 Å². The number of fused-ring (bicyclic) bond motifs is 1. The Kier molecular flexibility index (Phi) is 7.21. The summed E-state index contributed by atoms with van der Waals surface area (Å²) >= 11 is 0. The lowest BCUT2D eigenvalue weighted by Gasteiger charge is -2.47. The highest BCUT2D eigenvalue weighted by Gasteiger charge is 2.45.